The van der Waals surface area contributed by atoms with Crippen molar-refractivity contribution in [1.29, 1.82) is 0 Å². The normalized spacial score (nSPS) is 21.3. The average Bonchev–Trinajstić information content (AvgIpc) is 1.95. The van der Waals surface area contributed by atoms with Gasteiger partial charge in [-0.25, -0.2) is 0 Å². The third-order valence-electron chi connectivity index (χ3n) is 2.68. The van der Waals surface area contributed by atoms with Gasteiger partial charge in [-0.15, -0.1) is 0 Å². The van der Waals surface area contributed by atoms with E-state index in [-0.39, 0.29) is 0 Å². The van der Waals surface area contributed by atoms with Crippen LogP contribution in [-0.4, -0.2) is 24.9 Å². The van der Waals surface area contributed by atoms with E-state index in [1.807, 2.05) is 0 Å². The SMILES string of the molecule is CCC1(CCCCO)COC1. The summed E-state index contributed by atoms with van der Waals surface area (Å²) >= 11 is 0. The van der Waals surface area contributed by atoms with E-state index >= 15 is 0 Å². The van der Waals surface area contributed by atoms with E-state index in [2.05, 4.69) is 6.92 Å². The minimum Gasteiger partial charge on any atom is -0.396 e. The van der Waals surface area contributed by atoms with Crippen LogP contribution in [0.2, 0.25) is 0 Å². The van der Waals surface area contributed by atoms with Crippen molar-refractivity contribution in [2.24, 2.45) is 5.41 Å². The molecule has 2 heteroatoms. The van der Waals surface area contributed by atoms with E-state index in [9.17, 15) is 0 Å². The highest BCUT2D eigenvalue weighted by Crippen LogP contribution is 2.36. The maximum atomic E-state index is 8.60. The number of unbranched alkanes of at least 4 members (excludes halogenated alkanes) is 1. The second-order valence-corrected chi connectivity index (χ2v) is 3.53. The lowest BCUT2D eigenvalue weighted by Gasteiger charge is -2.41. The highest BCUT2D eigenvalue weighted by molar-refractivity contribution is 4.83. The van der Waals surface area contributed by atoms with Gasteiger partial charge < -0.3 is 9.84 Å². The predicted molar refractivity (Wildman–Crippen MR) is 44.5 cm³/mol. The lowest BCUT2D eigenvalue weighted by molar-refractivity contribution is -0.120. The van der Waals surface area contributed by atoms with Crippen LogP contribution in [0.5, 0.6) is 0 Å². The van der Waals surface area contributed by atoms with Crippen LogP contribution in [0.1, 0.15) is 32.6 Å². The van der Waals surface area contributed by atoms with E-state index in [4.69, 9.17) is 9.84 Å². The van der Waals surface area contributed by atoms with Crippen LogP contribution < -0.4 is 0 Å². The Morgan fingerprint density at radius 2 is 2.09 bits per heavy atom. The first-order chi connectivity index (χ1) is 5.33. The van der Waals surface area contributed by atoms with Gasteiger partial charge in [-0.2, -0.15) is 0 Å². The monoisotopic (exact) mass is 158 g/mol. The Kier molecular flexibility index (Phi) is 3.34. The molecule has 1 aliphatic heterocycles. The maximum Gasteiger partial charge on any atom is 0.0544 e. The zero-order valence-electron chi connectivity index (χ0n) is 7.31. The van der Waals surface area contributed by atoms with Gasteiger partial charge in [-0.3, -0.25) is 0 Å². The molecule has 0 aromatic heterocycles. The molecule has 0 spiro atoms. The van der Waals surface area contributed by atoms with Crippen molar-refractivity contribution in [2.75, 3.05) is 19.8 Å². The van der Waals surface area contributed by atoms with Gasteiger partial charge in [0.1, 0.15) is 0 Å². The number of hydrogen-bond acceptors (Lipinski definition) is 2. The molecular weight excluding hydrogens is 140 g/mol. The Morgan fingerprint density at radius 3 is 2.45 bits per heavy atom. The molecule has 1 fully saturated rings. The first-order valence-electron chi connectivity index (χ1n) is 4.51. The van der Waals surface area contributed by atoms with Crippen LogP contribution in [0.4, 0.5) is 0 Å². The van der Waals surface area contributed by atoms with Gasteiger partial charge in [0.15, 0.2) is 0 Å². The molecule has 11 heavy (non-hydrogen) atoms. The van der Waals surface area contributed by atoms with Crippen molar-refractivity contribution in [2.45, 2.75) is 32.6 Å². The van der Waals surface area contributed by atoms with E-state index in [0.717, 1.165) is 26.1 Å². The minimum absolute atomic E-state index is 0.334. The predicted octanol–water partition coefficient (Wildman–Crippen LogP) is 1.58. The largest absolute Gasteiger partial charge is 0.396 e. The van der Waals surface area contributed by atoms with Gasteiger partial charge in [0.05, 0.1) is 13.2 Å². The summed E-state index contributed by atoms with van der Waals surface area (Å²) in [6.07, 6.45) is 4.54. The molecule has 0 aliphatic carbocycles. The highest BCUT2D eigenvalue weighted by atomic mass is 16.5. The Labute approximate surface area is 68.6 Å². The fourth-order valence-corrected chi connectivity index (χ4v) is 1.53. The third-order valence-corrected chi connectivity index (χ3v) is 2.68. The number of aliphatic hydroxyl groups excluding tert-OH is 1. The quantitative estimate of drug-likeness (QED) is 0.615. The first-order valence-corrected chi connectivity index (χ1v) is 4.51. The Hall–Kier alpha value is -0.0800. The summed E-state index contributed by atoms with van der Waals surface area (Å²) in [6, 6.07) is 0. The average molecular weight is 158 g/mol. The van der Waals surface area contributed by atoms with Crippen LogP contribution in [0, 0.1) is 5.41 Å². The highest BCUT2D eigenvalue weighted by Gasteiger charge is 2.35. The lowest BCUT2D eigenvalue weighted by atomic mass is 9.78. The summed E-state index contributed by atoms with van der Waals surface area (Å²) in [7, 11) is 0. The molecule has 66 valence electrons. The van der Waals surface area contributed by atoms with Crippen molar-refractivity contribution >= 4 is 0 Å². The number of hydrogen-bond donors (Lipinski definition) is 1. The zero-order valence-corrected chi connectivity index (χ0v) is 7.31. The van der Waals surface area contributed by atoms with Crippen LogP contribution >= 0.6 is 0 Å². The maximum absolute atomic E-state index is 8.60. The van der Waals surface area contributed by atoms with Crippen molar-refractivity contribution in [1.82, 2.24) is 0 Å². The molecule has 2 nitrogen and oxygen atoms in total. The standard InChI is InChI=1S/C9H18O2/c1-2-9(7-11-8-9)5-3-4-6-10/h10H,2-8H2,1H3. The van der Waals surface area contributed by atoms with Crippen molar-refractivity contribution < 1.29 is 9.84 Å². The Bertz CT molecular complexity index is 103. The fraction of sp³-hybridized carbons (Fsp3) is 1.00. The number of rotatable bonds is 5. The Balaban J connectivity index is 2.11. The minimum atomic E-state index is 0.334. The molecule has 0 unspecified atom stereocenters. The number of ether oxygens (including phenoxy) is 1. The van der Waals surface area contributed by atoms with Crippen LogP contribution in [0.3, 0.4) is 0 Å². The number of aliphatic hydroxyl groups is 1. The van der Waals surface area contributed by atoms with Gasteiger partial charge in [-0.1, -0.05) is 13.3 Å². The molecule has 0 atom stereocenters. The molecule has 1 saturated heterocycles. The van der Waals surface area contributed by atoms with Crippen LogP contribution in [0.15, 0.2) is 0 Å². The summed E-state index contributed by atoms with van der Waals surface area (Å²) in [6.45, 7) is 4.44. The Morgan fingerprint density at radius 1 is 1.36 bits per heavy atom. The molecular formula is C9H18O2. The summed E-state index contributed by atoms with van der Waals surface area (Å²) < 4.78 is 5.20. The molecule has 0 aromatic carbocycles. The van der Waals surface area contributed by atoms with Gasteiger partial charge in [0.2, 0.25) is 0 Å². The first kappa shape index (κ1) is 9.01. The third kappa shape index (κ3) is 2.17. The lowest BCUT2D eigenvalue weighted by Crippen LogP contribution is -2.41. The van der Waals surface area contributed by atoms with E-state index < -0.39 is 0 Å². The fourth-order valence-electron chi connectivity index (χ4n) is 1.53. The molecule has 0 amide bonds. The summed E-state index contributed by atoms with van der Waals surface area (Å²) in [5.41, 5.74) is 0.481. The summed E-state index contributed by atoms with van der Waals surface area (Å²) in [5, 5.41) is 8.60. The van der Waals surface area contributed by atoms with Gasteiger partial charge in [-0.05, 0) is 19.3 Å². The molecule has 1 rings (SSSR count). The molecule has 0 saturated carbocycles. The molecule has 0 bridgehead atoms. The summed E-state index contributed by atoms with van der Waals surface area (Å²) in [5.74, 6) is 0. The summed E-state index contributed by atoms with van der Waals surface area (Å²) in [4.78, 5) is 0. The molecule has 1 heterocycles. The van der Waals surface area contributed by atoms with E-state index in [1.165, 1.54) is 12.8 Å². The topological polar surface area (TPSA) is 29.5 Å². The van der Waals surface area contributed by atoms with Gasteiger partial charge >= 0.3 is 0 Å². The second-order valence-electron chi connectivity index (χ2n) is 3.53. The van der Waals surface area contributed by atoms with Gasteiger partial charge in [0.25, 0.3) is 0 Å². The van der Waals surface area contributed by atoms with Crippen molar-refractivity contribution in [3.63, 3.8) is 0 Å². The van der Waals surface area contributed by atoms with Crippen molar-refractivity contribution in [3.8, 4) is 0 Å². The molecule has 1 N–H and O–H groups in total. The smallest absolute Gasteiger partial charge is 0.0544 e. The second kappa shape index (κ2) is 4.07. The van der Waals surface area contributed by atoms with Crippen molar-refractivity contribution in [3.05, 3.63) is 0 Å². The van der Waals surface area contributed by atoms with E-state index in [0.29, 0.717) is 12.0 Å². The molecule has 0 radical (unpaired) electrons. The van der Waals surface area contributed by atoms with E-state index in [1.54, 1.807) is 0 Å². The zero-order chi connectivity index (χ0) is 8.16. The molecule has 1 aliphatic rings. The van der Waals surface area contributed by atoms with Gasteiger partial charge in [0, 0.05) is 12.0 Å². The molecule has 0 aromatic rings. The van der Waals surface area contributed by atoms with Crippen LogP contribution in [0.25, 0.3) is 0 Å². The van der Waals surface area contributed by atoms with Crippen LogP contribution in [-0.2, 0) is 4.74 Å².